The maximum Gasteiger partial charge on any atom is 0.239 e. The molecule has 0 aromatic carbocycles. The Morgan fingerprint density at radius 1 is 1.55 bits per heavy atom. The summed E-state index contributed by atoms with van der Waals surface area (Å²) < 4.78 is 1.58. The van der Waals surface area contributed by atoms with Crippen LogP contribution in [-0.4, -0.2) is 21.7 Å². The van der Waals surface area contributed by atoms with E-state index in [-0.39, 0.29) is 12.5 Å². The number of rotatable bonds is 6. The molecule has 3 N–H and O–H groups in total. The molecule has 0 bridgehead atoms. The number of carbonyl (C=O) groups is 1. The van der Waals surface area contributed by atoms with Crippen molar-refractivity contribution in [1.82, 2.24) is 9.78 Å². The van der Waals surface area contributed by atoms with Crippen LogP contribution in [0.15, 0.2) is 12.4 Å². The molecule has 0 saturated heterocycles. The fraction of sp³-hybridized carbons (Fsp3) is 0.733. The topological polar surface area (TPSA) is 72.9 Å². The summed E-state index contributed by atoms with van der Waals surface area (Å²) in [4.78, 5) is 10.9. The van der Waals surface area contributed by atoms with Crippen LogP contribution in [0.4, 0.5) is 5.69 Å². The van der Waals surface area contributed by atoms with Crippen molar-refractivity contribution in [3.8, 4) is 0 Å². The zero-order chi connectivity index (χ0) is 14.5. The number of nitrogens with zero attached hydrogens (tertiary/aromatic N) is 2. The van der Waals surface area contributed by atoms with Crippen LogP contribution in [0.3, 0.4) is 0 Å². The van der Waals surface area contributed by atoms with Crippen LogP contribution in [0, 0.1) is 11.8 Å². The molecule has 20 heavy (non-hydrogen) atoms. The van der Waals surface area contributed by atoms with Crippen molar-refractivity contribution in [2.24, 2.45) is 17.6 Å². The summed E-state index contributed by atoms with van der Waals surface area (Å²) in [6.07, 6.45) is 10.1. The number of anilines is 1. The van der Waals surface area contributed by atoms with Gasteiger partial charge in [-0.2, -0.15) is 5.10 Å². The number of primary amides is 1. The Labute approximate surface area is 120 Å². The van der Waals surface area contributed by atoms with Gasteiger partial charge in [0, 0.05) is 12.2 Å². The van der Waals surface area contributed by atoms with Crippen LogP contribution in [-0.2, 0) is 11.3 Å². The average molecular weight is 278 g/mol. The van der Waals surface area contributed by atoms with Gasteiger partial charge in [-0.15, -0.1) is 0 Å². The number of aromatic nitrogens is 2. The van der Waals surface area contributed by atoms with E-state index in [1.807, 2.05) is 6.20 Å². The lowest BCUT2D eigenvalue weighted by Crippen LogP contribution is -2.27. The molecular weight excluding hydrogens is 252 g/mol. The number of hydrogen-bond donors (Lipinski definition) is 2. The lowest BCUT2D eigenvalue weighted by Gasteiger charge is -2.31. The molecule has 5 nitrogen and oxygen atoms in total. The largest absolute Gasteiger partial charge is 0.380 e. The molecular formula is C15H26N4O. The molecule has 1 aliphatic carbocycles. The third kappa shape index (κ3) is 4.54. The van der Waals surface area contributed by atoms with Crippen molar-refractivity contribution >= 4 is 11.6 Å². The van der Waals surface area contributed by atoms with Crippen LogP contribution >= 0.6 is 0 Å². The van der Waals surface area contributed by atoms with E-state index in [1.165, 1.54) is 32.1 Å². The summed E-state index contributed by atoms with van der Waals surface area (Å²) in [6.45, 7) is 4.73. The molecule has 1 saturated carbocycles. The highest BCUT2D eigenvalue weighted by atomic mass is 16.1. The van der Waals surface area contributed by atoms with E-state index in [2.05, 4.69) is 24.3 Å². The van der Waals surface area contributed by atoms with E-state index >= 15 is 0 Å². The molecule has 0 aliphatic heterocycles. The minimum Gasteiger partial charge on any atom is -0.380 e. The first-order valence-electron chi connectivity index (χ1n) is 7.60. The van der Waals surface area contributed by atoms with Gasteiger partial charge in [0.2, 0.25) is 5.91 Å². The molecule has 1 aliphatic rings. The van der Waals surface area contributed by atoms with Gasteiger partial charge in [-0.3, -0.25) is 9.48 Å². The van der Waals surface area contributed by atoms with Crippen LogP contribution in [0.25, 0.3) is 0 Å². The number of carbonyl (C=O) groups excluding carboxylic acids is 1. The average Bonchev–Trinajstić information content (AvgIpc) is 2.75. The summed E-state index contributed by atoms with van der Waals surface area (Å²) >= 11 is 0. The molecule has 0 radical (unpaired) electrons. The Morgan fingerprint density at radius 3 is 3.05 bits per heavy atom. The third-order valence-electron chi connectivity index (χ3n) is 3.91. The quantitative estimate of drug-likeness (QED) is 0.839. The van der Waals surface area contributed by atoms with Gasteiger partial charge in [-0.05, 0) is 31.1 Å². The molecule has 1 heterocycles. The Morgan fingerprint density at radius 2 is 2.35 bits per heavy atom. The molecule has 2 rings (SSSR count). The van der Waals surface area contributed by atoms with Crippen molar-refractivity contribution in [2.45, 2.75) is 58.5 Å². The van der Waals surface area contributed by atoms with Gasteiger partial charge < -0.3 is 11.1 Å². The Kier molecular flexibility index (Phi) is 5.04. The van der Waals surface area contributed by atoms with Gasteiger partial charge in [-0.25, -0.2) is 0 Å². The lowest BCUT2D eigenvalue weighted by atomic mass is 9.81. The fourth-order valence-electron chi connectivity index (χ4n) is 3.22. The van der Waals surface area contributed by atoms with Gasteiger partial charge in [0.15, 0.2) is 0 Å². The van der Waals surface area contributed by atoms with E-state index in [9.17, 15) is 4.79 Å². The number of nitrogens with two attached hydrogens (primary N) is 1. The second-order valence-electron chi connectivity index (χ2n) is 6.40. The number of amides is 1. The molecule has 2 atom stereocenters. The monoisotopic (exact) mass is 278 g/mol. The summed E-state index contributed by atoms with van der Waals surface area (Å²) in [7, 11) is 0. The van der Waals surface area contributed by atoms with E-state index in [4.69, 9.17) is 5.73 Å². The second-order valence-corrected chi connectivity index (χ2v) is 6.40. The number of nitrogens with one attached hydrogen (secondary N) is 1. The van der Waals surface area contributed by atoms with Crippen molar-refractivity contribution in [1.29, 1.82) is 0 Å². The predicted molar refractivity (Wildman–Crippen MR) is 80.2 cm³/mol. The van der Waals surface area contributed by atoms with E-state index < -0.39 is 0 Å². The highest BCUT2D eigenvalue weighted by Crippen LogP contribution is 2.30. The maximum atomic E-state index is 10.9. The Bertz CT molecular complexity index is 441. The maximum absolute atomic E-state index is 10.9. The molecule has 1 fully saturated rings. The fourth-order valence-corrected chi connectivity index (χ4v) is 3.22. The van der Waals surface area contributed by atoms with Crippen molar-refractivity contribution in [2.75, 3.05) is 5.32 Å². The first-order valence-corrected chi connectivity index (χ1v) is 7.60. The molecule has 112 valence electrons. The van der Waals surface area contributed by atoms with Gasteiger partial charge in [-0.1, -0.05) is 26.7 Å². The first kappa shape index (κ1) is 14.9. The lowest BCUT2D eigenvalue weighted by molar-refractivity contribution is -0.118. The molecule has 0 spiro atoms. The molecule has 1 aromatic heterocycles. The van der Waals surface area contributed by atoms with Crippen molar-refractivity contribution < 1.29 is 4.79 Å². The van der Waals surface area contributed by atoms with Gasteiger partial charge in [0.25, 0.3) is 0 Å². The summed E-state index contributed by atoms with van der Waals surface area (Å²) in [5, 5.41) is 7.68. The Hall–Kier alpha value is -1.52. The third-order valence-corrected chi connectivity index (χ3v) is 3.91. The minimum atomic E-state index is -0.366. The summed E-state index contributed by atoms with van der Waals surface area (Å²) in [5.74, 6) is 1.24. The molecule has 5 heteroatoms. The normalized spacial score (nSPS) is 22.9. The van der Waals surface area contributed by atoms with E-state index in [0.717, 1.165) is 17.5 Å². The molecule has 2 unspecified atom stereocenters. The summed E-state index contributed by atoms with van der Waals surface area (Å²) in [5.41, 5.74) is 6.15. The standard InChI is InChI=1S/C15H26N4O/c1-11(2)6-12-4-3-5-13(7-12)18-14-8-17-19(9-14)10-15(16)20/h8-9,11-13,18H,3-7,10H2,1-2H3,(H2,16,20). The SMILES string of the molecule is CC(C)CC1CCCC(Nc2cnn(CC(N)=O)c2)C1. The van der Waals surface area contributed by atoms with Crippen LogP contribution in [0.1, 0.15) is 46.0 Å². The zero-order valence-electron chi connectivity index (χ0n) is 12.5. The van der Waals surface area contributed by atoms with E-state index in [1.54, 1.807) is 10.9 Å². The zero-order valence-corrected chi connectivity index (χ0v) is 12.5. The second kappa shape index (κ2) is 6.77. The smallest absolute Gasteiger partial charge is 0.239 e. The highest BCUT2D eigenvalue weighted by molar-refractivity contribution is 5.73. The van der Waals surface area contributed by atoms with Crippen molar-refractivity contribution in [3.63, 3.8) is 0 Å². The van der Waals surface area contributed by atoms with Crippen LogP contribution < -0.4 is 11.1 Å². The number of hydrogen-bond acceptors (Lipinski definition) is 3. The summed E-state index contributed by atoms with van der Waals surface area (Å²) in [6, 6.07) is 0.527. The van der Waals surface area contributed by atoms with Gasteiger partial charge >= 0.3 is 0 Å². The van der Waals surface area contributed by atoms with Gasteiger partial charge in [0.1, 0.15) is 6.54 Å². The highest BCUT2D eigenvalue weighted by Gasteiger charge is 2.22. The minimum absolute atomic E-state index is 0.141. The molecule has 1 amide bonds. The van der Waals surface area contributed by atoms with Gasteiger partial charge in [0.05, 0.1) is 11.9 Å². The molecule has 1 aromatic rings. The van der Waals surface area contributed by atoms with Crippen LogP contribution in [0.2, 0.25) is 0 Å². The van der Waals surface area contributed by atoms with Crippen molar-refractivity contribution in [3.05, 3.63) is 12.4 Å². The predicted octanol–water partition coefficient (Wildman–Crippen LogP) is 2.39. The van der Waals surface area contributed by atoms with Crippen LogP contribution in [0.5, 0.6) is 0 Å². The first-order chi connectivity index (χ1) is 9.52. The van der Waals surface area contributed by atoms with E-state index in [0.29, 0.717) is 6.04 Å². The Balaban J connectivity index is 1.86.